The third-order valence-electron chi connectivity index (χ3n) is 4.78. The Kier molecular flexibility index (Phi) is 4.18. The van der Waals surface area contributed by atoms with Crippen molar-refractivity contribution in [2.24, 2.45) is 0 Å². The summed E-state index contributed by atoms with van der Waals surface area (Å²) in [5.41, 5.74) is 5.43. The first-order valence-electron chi connectivity index (χ1n) is 8.87. The van der Waals surface area contributed by atoms with Gasteiger partial charge in [0.2, 0.25) is 0 Å². The van der Waals surface area contributed by atoms with E-state index in [0.717, 1.165) is 40.7 Å². The normalized spacial score (nSPS) is 13.0. The Morgan fingerprint density at radius 2 is 1.84 bits per heavy atom. The van der Waals surface area contributed by atoms with Crippen LogP contribution in [0.3, 0.4) is 0 Å². The number of pyridine rings is 1. The summed E-state index contributed by atoms with van der Waals surface area (Å²) in [6, 6.07) is 14.2. The first-order chi connectivity index (χ1) is 12.2. The van der Waals surface area contributed by atoms with Gasteiger partial charge in [0.05, 0.1) is 6.61 Å². The van der Waals surface area contributed by atoms with Crippen molar-refractivity contribution in [1.29, 1.82) is 0 Å². The number of fused-ring (bicyclic) bond motifs is 2. The average molecular weight is 334 g/mol. The molecule has 4 nitrogen and oxygen atoms in total. The van der Waals surface area contributed by atoms with Gasteiger partial charge in [-0.3, -0.25) is 4.79 Å². The fraction of sp³-hybridized carbons (Fsp3) is 0.286. The van der Waals surface area contributed by atoms with Crippen LogP contribution in [-0.2, 0) is 19.4 Å². The maximum Gasteiger partial charge on any atom is 0.253 e. The molecule has 4 heteroatoms. The van der Waals surface area contributed by atoms with Crippen LogP contribution in [0.15, 0.2) is 47.3 Å². The van der Waals surface area contributed by atoms with Crippen LogP contribution in [0.5, 0.6) is 5.75 Å². The van der Waals surface area contributed by atoms with Crippen molar-refractivity contribution in [3.63, 3.8) is 0 Å². The van der Waals surface area contributed by atoms with Crippen LogP contribution in [0.25, 0.3) is 10.9 Å². The van der Waals surface area contributed by atoms with E-state index < -0.39 is 0 Å². The van der Waals surface area contributed by atoms with Crippen molar-refractivity contribution >= 4 is 16.6 Å². The summed E-state index contributed by atoms with van der Waals surface area (Å²) in [6.45, 7) is 3.12. The molecule has 25 heavy (non-hydrogen) atoms. The number of anilines is 1. The molecule has 0 aliphatic heterocycles. The lowest BCUT2D eigenvalue weighted by atomic mass is 10.0. The number of aromatic nitrogens is 1. The van der Waals surface area contributed by atoms with Crippen molar-refractivity contribution in [2.45, 2.75) is 32.7 Å². The lowest BCUT2D eigenvalue weighted by molar-refractivity contribution is 0.340. The average Bonchev–Trinajstić information content (AvgIpc) is 3.07. The molecule has 1 heterocycles. The molecule has 0 unspecified atom stereocenters. The number of ether oxygens (including phenoxy) is 1. The first-order valence-corrected chi connectivity index (χ1v) is 8.87. The van der Waals surface area contributed by atoms with Gasteiger partial charge in [-0.05, 0) is 85.2 Å². The monoisotopic (exact) mass is 334 g/mol. The first kappa shape index (κ1) is 15.8. The van der Waals surface area contributed by atoms with Crippen LogP contribution >= 0.6 is 0 Å². The van der Waals surface area contributed by atoms with Gasteiger partial charge in [-0.15, -0.1) is 0 Å². The van der Waals surface area contributed by atoms with Gasteiger partial charge >= 0.3 is 0 Å². The fourth-order valence-corrected chi connectivity index (χ4v) is 3.49. The molecule has 2 N–H and O–H groups in total. The Balaban J connectivity index is 1.55. The third-order valence-corrected chi connectivity index (χ3v) is 4.78. The van der Waals surface area contributed by atoms with Crippen molar-refractivity contribution in [3.8, 4) is 5.75 Å². The lowest BCUT2D eigenvalue weighted by Gasteiger charge is -2.09. The highest BCUT2D eigenvalue weighted by Gasteiger charge is 2.13. The second-order valence-electron chi connectivity index (χ2n) is 6.50. The summed E-state index contributed by atoms with van der Waals surface area (Å²) >= 11 is 0. The van der Waals surface area contributed by atoms with Gasteiger partial charge in [0.1, 0.15) is 5.75 Å². The summed E-state index contributed by atoms with van der Waals surface area (Å²) in [5.74, 6) is 0.852. The predicted molar refractivity (Wildman–Crippen MR) is 102 cm³/mol. The van der Waals surface area contributed by atoms with Gasteiger partial charge < -0.3 is 15.0 Å². The second kappa shape index (κ2) is 6.63. The molecule has 1 aromatic heterocycles. The molecule has 4 rings (SSSR count). The van der Waals surface area contributed by atoms with E-state index in [-0.39, 0.29) is 5.56 Å². The van der Waals surface area contributed by atoms with Crippen LogP contribution in [-0.4, -0.2) is 11.6 Å². The number of H-pyrrole nitrogens is 1. The summed E-state index contributed by atoms with van der Waals surface area (Å²) in [6.07, 6.45) is 3.47. The topological polar surface area (TPSA) is 54.1 Å². The molecular formula is C21H22N2O2. The summed E-state index contributed by atoms with van der Waals surface area (Å²) in [7, 11) is 0. The Labute approximate surface area is 146 Å². The van der Waals surface area contributed by atoms with Crippen LogP contribution in [0, 0.1) is 0 Å². The number of aryl methyl sites for hydroxylation is 2. The van der Waals surface area contributed by atoms with E-state index in [4.69, 9.17) is 4.74 Å². The smallest absolute Gasteiger partial charge is 0.253 e. The van der Waals surface area contributed by atoms with Gasteiger partial charge in [-0.1, -0.05) is 0 Å². The number of hydrogen-bond donors (Lipinski definition) is 2. The van der Waals surface area contributed by atoms with Gasteiger partial charge in [0.15, 0.2) is 0 Å². The molecule has 0 atom stereocenters. The molecular weight excluding hydrogens is 312 g/mol. The molecule has 0 amide bonds. The van der Waals surface area contributed by atoms with E-state index in [2.05, 4.69) is 22.4 Å². The van der Waals surface area contributed by atoms with E-state index in [0.29, 0.717) is 13.2 Å². The van der Waals surface area contributed by atoms with E-state index >= 15 is 0 Å². The van der Waals surface area contributed by atoms with Crippen LogP contribution in [0.1, 0.15) is 30.0 Å². The Hall–Kier alpha value is -2.75. The van der Waals surface area contributed by atoms with Crippen LogP contribution in [0.4, 0.5) is 5.69 Å². The zero-order chi connectivity index (χ0) is 17.2. The number of rotatable bonds is 5. The molecule has 0 bridgehead atoms. The van der Waals surface area contributed by atoms with Crippen molar-refractivity contribution in [2.75, 3.05) is 11.9 Å². The summed E-state index contributed by atoms with van der Waals surface area (Å²) in [5, 5.41) is 4.43. The molecule has 1 aliphatic rings. The molecule has 1 aliphatic carbocycles. The molecule has 0 saturated carbocycles. The fourth-order valence-electron chi connectivity index (χ4n) is 3.49. The Morgan fingerprint density at radius 3 is 2.60 bits per heavy atom. The maximum absolute atomic E-state index is 12.4. The number of hydrogen-bond acceptors (Lipinski definition) is 3. The van der Waals surface area contributed by atoms with Gasteiger partial charge in [0.25, 0.3) is 5.56 Å². The SMILES string of the molecule is CCOc1ccc(NCc2cc3cc4c(cc3[nH]c2=O)CCC4)cc1. The van der Waals surface area contributed by atoms with E-state index in [1.165, 1.54) is 17.5 Å². The minimum Gasteiger partial charge on any atom is -0.494 e. The molecule has 2 aromatic carbocycles. The molecule has 0 saturated heterocycles. The zero-order valence-corrected chi connectivity index (χ0v) is 14.4. The summed E-state index contributed by atoms with van der Waals surface area (Å²) < 4.78 is 5.44. The van der Waals surface area contributed by atoms with Crippen molar-refractivity contribution in [1.82, 2.24) is 4.98 Å². The molecule has 0 fully saturated rings. The van der Waals surface area contributed by atoms with Crippen molar-refractivity contribution < 1.29 is 4.74 Å². The standard InChI is InChI=1S/C21H22N2O2/c1-2-25-19-8-6-18(7-9-19)22-13-17-11-16-10-14-4-3-5-15(14)12-20(16)23-21(17)24/h6-12,22H,2-5,13H2,1H3,(H,23,24). The third kappa shape index (κ3) is 3.25. The van der Waals surface area contributed by atoms with Gasteiger partial charge in [-0.2, -0.15) is 0 Å². The number of nitrogens with one attached hydrogen (secondary N) is 2. The van der Waals surface area contributed by atoms with Crippen molar-refractivity contribution in [3.05, 3.63) is 69.5 Å². The molecule has 0 spiro atoms. The lowest BCUT2D eigenvalue weighted by Crippen LogP contribution is -2.15. The number of aromatic amines is 1. The summed E-state index contributed by atoms with van der Waals surface area (Å²) in [4.78, 5) is 15.4. The highest BCUT2D eigenvalue weighted by atomic mass is 16.5. The molecule has 3 aromatic rings. The van der Waals surface area contributed by atoms with E-state index in [9.17, 15) is 4.79 Å². The highest BCUT2D eigenvalue weighted by molar-refractivity contribution is 5.81. The quantitative estimate of drug-likeness (QED) is 0.741. The van der Waals surface area contributed by atoms with E-state index in [1.54, 1.807) is 0 Å². The largest absolute Gasteiger partial charge is 0.494 e. The second-order valence-corrected chi connectivity index (χ2v) is 6.50. The van der Waals surface area contributed by atoms with Crippen LogP contribution < -0.4 is 15.6 Å². The van der Waals surface area contributed by atoms with Crippen LogP contribution in [0.2, 0.25) is 0 Å². The number of benzene rings is 2. The Morgan fingerprint density at radius 1 is 1.08 bits per heavy atom. The maximum atomic E-state index is 12.4. The van der Waals surface area contributed by atoms with Gasteiger partial charge in [-0.25, -0.2) is 0 Å². The minimum atomic E-state index is -0.0242. The van der Waals surface area contributed by atoms with Gasteiger partial charge in [0, 0.05) is 23.3 Å². The predicted octanol–water partition coefficient (Wildman–Crippen LogP) is 4.03. The zero-order valence-electron chi connectivity index (χ0n) is 14.4. The highest BCUT2D eigenvalue weighted by Crippen LogP contribution is 2.26. The molecule has 128 valence electrons. The minimum absolute atomic E-state index is 0.0242. The molecule has 0 radical (unpaired) electrons. The van der Waals surface area contributed by atoms with E-state index in [1.807, 2.05) is 37.3 Å². The Bertz CT molecular complexity index is 958.